The number of anilines is 1. The van der Waals surface area contributed by atoms with Gasteiger partial charge in [0.1, 0.15) is 23.3 Å². The highest BCUT2D eigenvalue weighted by Gasteiger charge is 2.37. The maximum Gasteiger partial charge on any atom is 0.335 e. The van der Waals surface area contributed by atoms with Crippen molar-refractivity contribution in [1.82, 2.24) is 14.9 Å². The number of rotatable bonds is 6. The van der Waals surface area contributed by atoms with Gasteiger partial charge in [0.15, 0.2) is 0 Å². The standard InChI is InChI=1S/C28H20FN5O6/c1-16-12-18(13-24-26(35)31-28(37)33(27(24)36)21-5-3-4-19(29)14-21)17(2)32(16)20-6-9-23(10-7-20)40-25-11-8-22(15-30-25)34(38)39/h3-15H,1-2H3,(H,31,35,37)/b24-13+. The minimum Gasteiger partial charge on any atom is -0.439 e. The van der Waals surface area contributed by atoms with E-state index in [2.05, 4.69) is 10.3 Å². The van der Waals surface area contributed by atoms with E-state index in [0.29, 0.717) is 21.9 Å². The SMILES string of the molecule is Cc1cc(/C=C2\C(=O)NC(=O)N(c3cccc(F)c3)C2=O)c(C)n1-c1ccc(Oc2ccc([N+](=O)[O-])cn2)cc1. The van der Waals surface area contributed by atoms with Gasteiger partial charge in [0.25, 0.3) is 17.5 Å². The largest absolute Gasteiger partial charge is 0.439 e. The fourth-order valence-corrected chi connectivity index (χ4v) is 4.32. The Morgan fingerprint density at radius 3 is 2.40 bits per heavy atom. The number of nitrogens with zero attached hydrogens (tertiary/aromatic N) is 4. The molecule has 1 aliphatic heterocycles. The van der Waals surface area contributed by atoms with Crippen LogP contribution in [0.5, 0.6) is 11.6 Å². The maximum absolute atomic E-state index is 13.7. The van der Waals surface area contributed by atoms with Crippen LogP contribution < -0.4 is 15.0 Å². The van der Waals surface area contributed by atoms with Crippen LogP contribution in [-0.2, 0) is 9.59 Å². The lowest BCUT2D eigenvalue weighted by Crippen LogP contribution is -2.54. The molecule has 0 aliphatic carbocycles. The average Bonchev–Trinajstić information content (AvgIpc) is 3.19. The molecule has 0 bridgehead atoms. The van der Waals surface area contributed by atoms with E-state index in [4.69, 9.17) is 4.74 Å². The Labute approximate surface area is 226 Å². The highest BCUT2D eigenvalue weighted by Crippen LogP contribution is 2.28. The van der Waals surface area contributed by atoms with Crippen LogP contribution in [-0.4, -0.2) is 32.3 Å². The number of nitro groups is 1. The summed E-state index contributed by atoms with van der Waals surface area (Å²) in [5, 5.41) is 12.9. The normalized spacial score (nSPS) is 14.4. The highest BCUT2D eigenvalue weighted by molar-refractivity contribution is 6.39. The lowest BCUT2D eigenvalue weighted by molar-refractivity contribution is -0.385. The molecule has 2 aromatic heterocycles. The maximum atomic E-state index is 13.7. The van der Waals surface area contributed by atoms with E-state index in [0.717, 1.165) is 23.6 Å². The van der Waals surface area contributed by atoms with Gasteiger partial charge in [-0.25, -0.2) is 19.1 Å². The second-order valence-electron chi connectivity index (χ2n) is 8.81. The van der Waals surface area contributed by atoms with E-state index < -0.39 is 28.6 Å². The van der Waals surface area contributed by atoms with Crippen LogP contribution >= 0.6 is 0 Å². The number of aryl methyl sites for hydroxylation is 1. The number of barbiturate groups is 1. The lowest BCUT2D eigenvalue weighted by Gasteiger charge is -2.26. The van der Waals surface area contributed by atoms with Crippen molar-refractivity contribution < 1.29 is 28.4 Å². The Hall–Kier alpha value is -5.65. The van der Waals surface area contributed by atoms with E-state index in [-0.39, 0.29) is 22.8 Å². The zero-order valence-corrected chi connectivity index (χ0v) is 21.1. The van der Waals surface area contributed by atoms with Gasteiger partial charge in [-0.15, -0.1) is 0 Å². The molecular weight excluding hydrogens is 521 g/mol. The molecule has 40 heavy (non-hydrogen) atoms. The van der Waals surface area contributed by atoms with Crippen LogP contribution in [0.4, 0.5) is 20.6 Å². The molecule has 4 aromatic rings. The summed E-state index contributed by atoms with van der Waals surface area (Å²) in [6.07, 6.45) is 2.50. The van der Waals surface area contributed by atoms with Gasteiger partial charge in [0.2, 0.25) is 5.88 Å². The zero-order chi connectivity index (χ0) is 28.6. The van der Waals surface area contributed by atoms with Crippen LogP contribution in [0.1, 0.15) is 17.0 Å². The summed E-state index contributed by atoms with van der Waals surface area (Å²) >= 11 is 0. The molecule has 1 aliphatic rings. The molecule has 5 rings (SSSR count). The summed E-state index contributed by atoms with van der Waals surface area (Å²) in [6.45, 7) is 3.66. The number of urea groups is 1. The molecule has 12 heteroatoms. The number of hydrogen-bond donors (Lipinski definition) is 1. The van der Waals surface area contributed by atoms with Crippen LogP contribution in [0.3, 0.4) is 0 Å². The van der Waals surface area contributed by atoms with E-state index in [1.807, 2.05) is 18.4 Å². The Morgan fingerprint density at radius 1 is 1.00 bits per heavy atom. The molecular formula is C28H20FN5O6. The third-order valence-electron chi connectivity index (χ3n) is 6.19. The number of nitrogens with one attached hydrogen (secondary N) is 1. The minimum absolute atomic E-state index is 0.00222. The number of carbonyl (C=O) groups is 3. The van der Waals surface area contributed by atoms with Crippen molar-refractivity contribution in [3.63, 3.8) is 0 Å². The summed E-state index contributed by atoms with van der Waals surface area (Å²) in [5.74, 6) is -1.70. The van der Waals surface area contributed by atoms with E-state index in [1.54, 1.807) is 30.3 Å². The summed E-state index contributed by atoms with van der Waals surface area (Å²) in [7, 11) is 0. The molecule has 1 N–H and O–H groups in total. The van der Waals surface area contributed by atoms with Gasteiger partial charge in [-0.3, -0.25) is 25.0 Å². The Morgan fingerprint density at radius 2 is 1.75 bits per heavy atom. The first-order chi connectivity index (χ1) is 19.1. The second kappa shape index (κ2) is 10.3. The number of carbonyl (C=O) groups excluding carboxylic acids is 3. The van der Waals surface area contributed by atoms with E-state index >= 15 is 0 Å². The molecule has 0 saturated carbocycles. The van der Waals surface area contributed by atoms with E-state index in [9.17, 15) is 28.9 Å². The third kappa shape index (κ3) is 4.92. The number of pyridine rings is 1. The number of aromatic nitrogens is 2. The van der Waals surface area contributed by atoms with Crippen molar-refractivity contribution in [2.45, 2.75) is 13.8 Å². The molecule has 11 nitrogen and oxygen atoms in total. The first-order valence-corrected chi connectivity index (χ1v) is 11.9. The van der Waals surface area contributed by atoms with Crippen molar-refractivity contribution >= 4 is 35.3 Å². The smallest absolute Gasteiger partial charge is 0.335 e. The van der Waals surface area contributed by atoms with Crippen molar-refractivity contribution in [1.29, 1.82) is 0 Å². The number of ether oxygens (including phenoxy) is 1. The summed E-state index contributed by atoms with van der Waals surface area (Å²) in [6, 6.07) is 15.5. The Bertz CT molecular complexity index is 1710. The van der Waals surface area contributed by atoms with E-state index in [1.165, 1.54) is 36.4 Å². The van der Waals surface area contributed by atoms with Crippen LogP contribution in [0.25, 0.3) is 11.8 Å². The molecule has 1 saturated heterocycles. The molecule has 0 spiro atoms. The number of imide groups is 2. The molecule has 2 aromatic carbocycles. The lowest BCUT2D eigenvalue weighted by atomic mass is 10.1. The van der Waals surface area contributed by atoms with Crippen molar-refractivity contribution in [3.8, 4) is 17.3 Å². The predicted octanol–water partition coefficient (Wildman–Crippen LogP) is 5.00. The van der Waals surface area contributed by atoms with Crippen molar-refractivity contribution in [2.24, 2.45) is 0 Å². The van der Waals surface area contributed by atoms with Gasteiger partial charge in [-0.1, -0.05) is 6.07 Å². The Balaban J connectivity index is 1.41. The van der Waals surface area contributed by atoms with Gasteiger partial charge in [-0.2, -0.15) is 0 Å². The number of benzene rings is 2. The molecule has 0 atom stereocenters. The fourth-order valence-electron chi connectivity index (χ4n) is 4.32. The molecule has 1 fully saturated rings. The second-order valence-corrected chi connectivity index (χ2v) is 8.81. The fraction of sp³-hybridized carbons (Fsp3) is 0.0714. The van der Waals surface area contributed by atoms with Gasteiger partial charge in [-0.05, 0) is 74.0 Å². The summed E-state index contributed by atoms with van der Waals surface area (Å²) in [4.78, 5) is 53.1. The van der Waals surface area contributed by atoms with Gasteiger partial charge >= 0.3 is 6.03 Å². The topological polar surface area (TPSA) is 137 Å². The van der Waals surface area contributed by atoms with Crippen LogP contribution in [0.15, 0.2) is 78.5 Å². The van der Waals surface area contributed by atoms with Crippen molar-refractivity contribution in [3.05, 3.63) is 111 Å². The highest BCUT2D eigenvalue weighted by atomic mass is 19.1. The first-order valence-electron chi connectivity index (χ1n) is 11.9. The molecule has 0 unspecified atom stereocenters. The monoisotopic (exact) mass is 541 g/mol. The van der Waals surface area contributed by atoms with Gasteiger partial charge in [0, 0.05) is 29.2 Å². The Kier molecular flexibility index (Phi) is 6.66. The molecule has 4 amide bonds. The van der Waals surface area contributed by atoms with Crippen molar-refractivity contribution in [2.75, 3.05) is 4.90 Å². The summed E-state index contributed by atoms with van der Waals surface area (Å²) in [5.41, 5.74) is 2.43. The number of halogens is 1. The number of amides is 4. The first kappa shape index (κ1) is 26.0. The average molecular weight is 541 g/mol. The van der Waals surface area contributed by atoms with Crippen LogP contribution in [0.2, 0.25) is 0 Å². The van der Waals surface area contributed by atoms with Crippen LogP contribution in [0, 0.1) is 29.8 Å². The number of hydrogen-bond acceptors (Lipinski definition) is 7. The predicted molar refractivity (Wildman–Crippen MR) is 142 cm³/mol. The molecule has 0 radical (unpaired) electrons. The van der Waals surface area contributed by atoms with Gasteiger partial charge in [0.05, 0.1) is 10.6 Å². The minimum atomic E-state index is -0.963. The summed E-state index contributed by atoms with van der Waals surface area (Å²) < 4.78 is 21.3. The molecule has 200 valence electrons. The third-order valence-corrected chi connectivity index (χ3v) is 6.19. The molecule has 3 heterocycles. The quantitative estimate of drug-likeness (QED) is 0.157. The van der Waals surface area contributed by atoms with Gasteiger partial charge < -0.3 is 9.30 Å². The zero-order valence-electron chi connectivity index (χ0n) is 21.1.